The van der Waals surface area contributed by atoms with Crippen LogP contribution in [0.5, 0.6) is 17.2 Å². The van der Waals surface area contributed by atoms with Gasteiger partial charge in [-0.15, -0.1) is 13.2 Å². The van der Waals surface area contributed by atoms with Gasteiger partial charge < -0.3 is 24.6 Å². The van der Waals surface area contributed by atoms with Gasteiger partial charge in [0.05, 0.1) is 18.5 Å². The highest BCUT2D eigenvalue weighted by Crippen LogP contribution is 2.48. The highest BCUT2D eigenvalue weighted by molar-refractivity contribution is 6.30. The molecule has 4 aromatic rings. The zero-order chi connectivity index (χ0) is 30.2. The van der Waals surface area contributed by atoms with E-state index >= 15 is 0 Å². The van der Waals surface area contributed by atoms with Crippen molar-refractivity contribution in [1.29, 1.82) is 0 Å². The van der Waals surface area contributed by atoms with Crippen molar-refractivity contribution in [1.82, 2.24) is 4.57 Å². The van der Waals surface area contributed by atoms with Crippen LogP contribution in [-0.4, -0.2) is 47.3 Å². The molecule has 3 aromatic carbocycles. The molecule has 1 unspecified atom stereocenters. The number of carboxylic acid groups (broad SMARTS) is 1. The number of carbonyl (C=O) groups is 2. The van der Waals surface area contributed by atoms with E-state index in [1.54, 1.807) is 36.4 Å². The summed E-state index contributed by atoms with van der Waals surface area (Å²) in [5, 5.41) is 13.1. The molecule has 0 bridgehead atoms. The number of anilines is 1. The van der Waals surface area contributed by atoms with Gasteiger partial charge in [-0.25, -0.2) is 4.39 Å². The molecule has 13 heteroatoms. The van der Waals surface area contributed by atoms with Crippen LogP contribution < -0.4 is 19.5 Å². The van der Waals surface area contributed by atoms with Gasteiger partial charge in [0.15, 0.2) is 5.67 Å². The highest BCUT2D eigenvalue weighted by Gasteiger charge is 2.61. The van der Waals surface area contributed by atoms with Crippen molar-refractivity contribution < 1.29 is 46.5 Å². The molecule has 0 aliphatic heterocycles. The third kappa shape index (κ3) is 6.38. The summed E-state index contributed by atoms with van der Waals surface area (Å²) in [5.41, 5.74) is -1.00. The second-order valence-corrected chi connectivity index (χ2v) is 10.2. The third-order valence-corrected chi connectivity index (χ3v) is 7.05. The Kier molecular flexibility index (Phi) is 7.67. The minimum atomic E-state index is -4.91. The summed E-state index contributed by atoms with van der Waals surface area (Å²) in [4.78, 5) is 25.1. The van der Waals surface area contributed by atoms with Gasteiger partial charge in [-0.1, -0.05) is 23.7 Å². The number of fused-ring (bicyclic) bond motifs is 1. The maximum absolute atomic E-state index is 14.7. The Bertz CT molecular complexity index is 1640. The van der Waals surface area contributed by atoms with Crippen molar-refractivity contribution in [3.63, 3.8) is 0 Å². The van der Waals surface area contributed by atoms with E-state index in [1.807, 2.05) is 0 Å². The molecule has 5 rings (SSSR count). The maximum Gasteiger partial charge on any atom is 0.573 e. The first-order valence-electron chi connectivity index (χ1n) is 12.5. The van der Waals surface area contributed by atoms with E-state index < -0.39 is 48.2 Å². The lowest BCUT2D eigenvalue weighted by atomic mass is 10.1. The van der Waals surface area contributed by atoms with E-state index in [0.29, 0.717) is 27.4 Å². The number of halogens is 5. The van der Waals surface area contributed by atoms with Crippen molar-refractivity contribution in [2.24, 2.45) is 5.92 Å². The van der Waals surface area contributed by atoms with E-state index in [2.05, 4.69) is 10.1 Å². The molecule has 42 heavy (non-hydrogen) atoms. The summed E-state index contributed by atoms with van der Waals surface area (Å²) in [6.45, 7) is -0.492. The lowest BCUT2D eigenvalue weighted by Crippen LogP contribution is -2.26. The van der Waals surface area contributed by atoms with Crippen molar-refractivity contribution in [3.8, 4) is 17.2 Å². The number of aromatic nitrogens is 1. The molecular weight excluding hydrogens is 584 g/mol. The first-order chi connectivity index (χ1) is 19.8. The molecule has 0 spiro atoms. The minimum absolute atomic E-state index is 0.160. The van der Waals surface area contributed by atoms with Crippen LogP contribution in [0.2, 0.25) is 5.02 Å². The zero-order valence-electron chi connectivity index (χ0n) is 21.8. The number of hydrogen-bond donors (Lipinski definition) is 2. The number of hydrogen-bond acceptors (Lipinski definition) is 6. The van der Waals surface area contributed by atoms with Gasteiger partial charge in [-0.2, -0.15) is 0 Å². The fourth-order valence-electron chi connectivity index (χ4n) is 4.55. The monoisotopic (exact) mass is 606 g/mol. The molecule has 3 atom stereocenters. The average molecular weight is 607 g/mol. The quantitative estimate of drug-likeness (QED) is 0.190. The van der Waals surface area contributed by atoms with Gasteiger partial charge in [0.1, 0.15) is 29.9 Å². The van der Waals surface area contributed by atoms with Crippen LogP contribution in [0.3, 0.4) is 0 Å². The number of nitrogens with zero attached hydrogens (tertiary/aromatic N) is 1. The number of ether oxygens (including phenoxy) is 3. The Balaban J connectivity index is 1.47. The summed E-state index contributed by atoms with van der Waals surface area (Å²) in [5.74, 6) is -2.96. The second kappa shape index (κ2) is 11.1. The Labute approximate surface area is 241 Å². The van der Waals surface area contributed by atoms with E-state index in [1.165, 1.54) is 36.1 Å². The highest BCUT2D eigenvalue weighted by atomic mass is 35.5. The van der Waals surface area contributed by atoms with Gasteiger partial charge in [0.2, 0.25) is 0 Å². The predicted octanol–water partition coefficient (Wildman–Crippen LogP) is 6.89. The van der Waals surface area contributed by atoms with Crippen LogP contribution >= 0.6 is 11.6 Å². The molecular formula is C29H23ClF4N2O6. The lowest BCUT2D eigenvalue weighted by Gasteiger charge is -2.22. The first-order valence-corrected chi connectivity index (χ1v) is 12.9. The summed E-state index contributed by atoms with van der Waals surface area (Å²) >= 11 is 6.05. The second-order valence-electron chi connectivity index (χ2n) is 9.74. The average Bonchev–Trinajstić information content (AvgIpc) is 3.45. The molecule has 1 heterocycles. The van der Waals surface area contributed by atoms with Crippen molar-refractivity contribution in [2.45, 2.75) is 24.5 Å². The van der Waals surface area contributed by atoms with E-state index in [0.717, 1.165) is 12.1 Å². The van der Waals surface area contributed by atoms with E-state index in [-0.39, 0.29) is 17.7 Å². The fourth-order valence-corrected chi connectivity index (χ4v) is 4.68. The summed E-state index contributed by atoms with van der Waals surface area (Å²) in [6, 6.07) is 15.1. The van der Waals surface area contributed by atoms with Crippen molar-refractivity contribution in [3.05, 3.63) is 83.5 Å². The smallest absolute Gasteiger partial charge is 0.497 e. The molecule has 8 nitrogen and oxygen atoms in total. The molecule has 220 valence electrons. The van der Waals surface area contributed by atoms with Gasteiger partial charge >= 0.3 is 12.3 Å². The molecule has 1 aromatic heterocycles. The maximum atomic E-state index is 14.7. The zero-order valence-corrected chi connectivity index (χ0v) is 22.6. The first kappa shape index (κ1) is 29.1. The van der Waals surface area contributed by atoms with Gasteiger partial charge in [0, 0.05) is 53.0 Å². The fraction of sp³-hybridized carbons (Fsp3) is 0.241. The van der Waals surface area contributed by atoms with Crippen LogP contribution in [0.1, 0.15) is 22.8 Å². The van der Waals surface area contributed by atoms with Gasteiger partial charge in [0.25, 0.3) is 5.91 Å². The topological polar surface area (TPSA) is 99.0 Å². The van der Waals surface area contributed by atoms with E-state index in [9.17, 15) is 27.2 Å². The number of nitrogens with one attached hydrogen (secondary N) is 1. The van der Waals surface area contributed by atoms with Gasteiger partial charge in [-0.05, 0) is 35.9 Å². The molecule has 0 radical (unpaired) electrons. The Morgan fingerprint density at radius 2 is 1.79 bits per heavy atom. The Morgan fingerprint density at radius 1 is 1.07 bits per heavy atom. The molecule has 0 saturated heterocycles. The number of alkyl halides is 4. The predicted molar refractivity (Wildman–Crippen MR) is 145 cm³/mol. The number of aliphatic carboxylic acids is 1. The number of methoxy groups -OCH3 is 1. The minimum Gasteiger partial charge on any atom is -0.497 e. The molecule has 2 N–H and O–H groups in total. The van der Waals surface area contributed by atoms with Gasteiger partial charge in [-0.3, -0.25) is 14.2 Å². The third-order valence-electron chi connectivity index (χ3n) is 6.80. The number of benzene rings is 3. The molecule has 1 fully saturated rings. The number of rotatable bonds is 10. The van der Waals surface area contributed by atoms with E-state index in [4.69, 9.17) is 26.2 Å². The van der Waals surface area contributed by atoms with Crippen molar-refractivity contribution in [2.75, 3.05) is 19.0 Å². The summed E-state index contributed by atoms with van der Waals surface area (Å²) in [7, 11) is 1.40. The largest absolute Gasteiger partial charge is 0.573 e. The van der Waals surface area contributed by atoms with Crippen molar-refractivity contribution >= 4 is 40.1 Å². The van der Waals surface area contributed by atoms with Crippen LogP contribution in [0, 0.1) is 5.92 Å². The standard InChI is InChI=1S/C29H23ClF4N2O6/c1-40-21-10-19(11-22(12-21)41-15-28(31)14-23(28)27(38)39)35-25(17-2-5-18(30)6-3-17)26(37)36-9-8-16-4-7-20(13-24(16)36)42-29(32,33)34/h2-13,23,25,35H,14-15H2,1H3,(H,38,39)/t23-,25?,28+/m1/s1. The number of carboxylic acids is 1. The normalized spacial score (nSPS) is 18.8. The Hall–Kier alpha value is -4.45. The van der Waals surface area contributed by atoms with Crippen LogP contribution in [-0.2, 0) is 4.79 Å². The molecule has 1 aliphatic carbocycles. The van der Waals surface area contributed by atoms with Crippen LogP contribution in [0.25, 0.3) is 10.9 Å². The molecule has 1 aliphatic rings. The molecule has 1 saturated carbocycles. The van der Waals surface area contributed by atoms with Crippen LogP contribution in [0.4, 0.5) is 23.2 Å². The summed E-state index contributed by atoms with van der Waals surface area (Å²) < 4.78 is 69.3. The number of carbonyl (C=O) groups excluding carboxylic acids is 1. The molecule has 0 amide bonds. The Morgan fingerprint density at radius 3 is 2.43 bits per heavy atom. The summed E-state index contributed by atoms with van der Waals surface area (Å²) in [6.07, 6.45) is -3.64. The van der Waals surface area contributed by atoms with Crippen LogP contribution in [0.15, 0.2) is 72.9 Å². The SMILES string of the molecule is COc1cc(NC(C(=O)n2ccc3ccc(OC(F)(F)F)cc32)c2ccc(Cl)cc2)cc(OC[C@@]2(F)C[C@@H]2C(=O)O)c1. The lowest BCUT2D eigenvalue weighted by molar-refractivity contribution is -0.274.